The molecule has 0 spiro atoms. The molecule has 1 saturated carbocycles. The first kappa shape index (κ1) is 11.1. The highest BCUT2D eigenvalue weighted by Gasteiger charge is 2.36. The van der Waals surface area contributed by atoms with E-state index in [1.165, 1.54) is 44.9 Å². The van der Waals surface area contributed by atoms with Gasteiger partial charge in [0.05, 0.1) is 0 Å². The number of fused-ring (bicyclic) bond motifs is 1. The Morgan fingerprint density at radius 1 is 1.07 bits per heavy atom. The van der Waals surface area contributed by atoms with Crippen molar-refractivity contribution in [3.63, 3.8) is 0 Å². The van der Waals surface area contributed by atoms with Crippen LogP contribution in [0.25, 0.3) is 0 Å². The summed E-state index contributed by atoms with van der Waals surface area (Å²) in [6.45, 7) is 0. The Labute approximate surface area is 100 Å². The summed E-state index contributed by atoms with van der Waals surface area (Å²) in [5.41, 5.74) is 5.99. The molecule has 3 N–H and O–H groups in total. The summed E-state index contributed by atoms with van der Waals surface area (Å²) in [6.07, 6.45) is 9.66. The second-order valence-electron chi connectivity index (χ2n) is 4.47. The maximum atomic E-state index is 5.99. The van der Waals surface area contributed by atoms with Gasteiger partial charge in [-0.3, -0.25) is 5.32 Å². The fourth-order valence-corrected chi connectivity index (χ4v) is 3.46. The van der Waals surface area contributed by atoms with Crippen LogP contribution in [0.15, 0.2) is 0 Å². The number of halogens is 1. The molecular weight excluding hydrogens is 289 g/mol. The number of rotatable bonds is 0. The van der Waals surface area contributed by atoms with E-state index in [9.17, 15) is 0 Å². The minimum atomic E-state index is 0.0741. The molecule has 0 radical (unpaired) electrons. The third-order valence-electron chi connectivity index (χ3n) is 3.45. The second kappa shape index (κ2) is 5.09. The summed E-state index contributed by atoms with van der Waals surface area (Å²) < 4.78 is 2.29. The maximum Gasteiger partial charge on any atom is 0.121 e. The molecule has 82 valence electrons. The van der Waals surface area contributed by atoms with Crippen LogP contribution in [0.1, 0.15) is 44.9 Å². The van der Waals surface area contributed by atoms with Crippen molar-refractivity contribution in [2.24, 2.45) is 5.73 Å². The summed E-state index contributed by atoms with van der Waals surface area (Å²) in [4.78, 5) is 0. The minimum Gasteiger partial charge on any atom is -0.303 e. The van der Waals surface area contributed by atoms with E-state index in [-0.39, 0.29) is 6.29 Å². The summed E-state index contributed by atoms with van der Waals surface area (Å²) in [5.74, 6) is 0. The predicted octanol–water partition coefficient (Wildman–Crippen LogP) is 1.97. The zero-order valence-corrected chi connectivity index (χ0v) is 10.7. The fourth-order valence-electron chi connectivity index (χ4n) is 2.63. The van der Waals surface area contributed by atoms with Gasteiger partial charge in [0, 0.05) is 34.9 Å². The molecule has 1 aliphatic heterocycles. The molecule has 3 atom stereocenters. The standard InChI is InChI=1S/C10H20IN3/c11-14-9-7-5-3-1-2-4-6-8(9)13-10(14)12/h8-10,13H,1-7,12H2. The van der Waals surface area contributed by atoms with Crippen LogP contribution in [-0.2, 0) is 0 Å². The van der Waals surface area contributed by atoms with Crippen LogP contribution in [0, 0.1) is 0 Å². The fraction of sp³-hybridized carbons (Fsp3) is 1.00. The van der Waals surface area contributed by atoms with Crippen LogP contribution in [0.3, 0.4) is 0 Å². The molecule has 0 amide bonds. The first-order chi connectivity index (χ1) is 6.79. The average Bonchev–Trinajstić information content (AvgIpc) is 2.49. The number of nitrogens with two attached hydrogens (primary N) is 1. The van der Waals surface area contributed by atoms with Gasteiger partial charge in [-0.2, -0.15) is 0 Å². The average molecular weight is 309 g/mol. The van der Waals surface area contributed by atoms with Crippen molar-refractivity contribution in [1.29, 1.82) is 0 Å². The van der Waals surface area contributed by atoms with Crippen LogP contribution in [0.2, 0.25) is 0 Å². The third kappa shape index (κ3) is 2.40. The molecule has 0 aromatic carbocycles. The van der Waals surface area contributed by atoms with E-state index in [1.54, 1.807) is 0 Å². The summed E-state index contributed by atoms with van der Waals surface area (Å²) >= 11 is 2.38. The number of hydrogen-bond donors (Lipinski definition) is 2. The molecule has 0 aromatic rings. The van der Waals surface area contributed by atoms with Gasteiger partial charge in [-0.05, 0) is 12.8 Å². The van der Waals surface area contributed by atoms with Gasteiger partial charge in [-0.15, -0.1) is 0 Å². The zero-order valence-electron chi connectivity index (χ0n) is 8.58. The van der Waals surface area contributed by atoms with Gasteiger partial charge >= 0.3 is 0 Å². The van der Waals surface area contributed by atoms with Gasteiger partial charge < -0.3 is 5.73 Å². The van der Waals surface area contributed by atoms with Crippen molar-refractivity contribution < 1.29 is 0 Å². The van der Waals surface area contributed by atoms with Crippen molar-refractivity contribution in [3.8, 4) is 0 Å². The Hall–Kier alpha value is 0.610. The van der Waals surface area contributed by atoms with Crippen molar-refractivity contribution >= 4 is 22.9 Å². The Morgan fingerprint density at radius 3 is 2.50 bits per heavy atom. The van der Waals surface area contributed by atoms with E-state index in [0.29, 0.717) is 12.1 Å². The van der Waals surface area contributed by atoms with Crippen molar-refractivity contribution in [2.45, 2.75) is 63.3 Å². The van der Waals surface area contributed by atoms with Gasteiger partial charge in [-0.25, -0.2) is 3.11 Å². The smallest absolute Gasteiger partial charge is 0.121 e. The van der Waals surface area contributed by atoms with Gasteiger partial charge in [-0.1, -0.05) is 32.1 Å². The molecule has 1 aliphatic carbocycles. The molecule has 3 unspecified atom stereocenters. The van der Waals surface area contributed by atoms with Crippen molar-refractivity contribution in [1.82, 2.24) is 8.43 Å². The van der Waals surface area contributed by atoms with Crippen molar-refractivity contribution in [2.75, 3.05) is 0 Å². The Kier molecular flexibility index (Phi) is 4.04. The molecule has 2 rings (SSSR count). The molecule has 2 aliphatic rings. The minimum absolute atomic E-state index is 0.0741. The van der Waals surface area contributed by atoms with Gasteiger partial charge in [0.15, 0.2) is 0 Å². The highest BCUT2D eigenvalue weighted by Crippen LogP contribution is 2.28. The monoisotopic (exact) mass is 309 g/mol. The summed E-state index contributed by atoms with van der Waals surface area (Å²) in [6, 6.07) is 1.31. The first-order valence-electron chi connectivity index (χ1n) is 5.75. The molecule has 0 aromatic heterocycles. The van der Waals surface area contributed by atoms with E-state index in [1.807, 2.05) is 0 Å². The van der Waals surface area contributed by atoms with Crippen LogP contribution in [-0.4, -0.2) is 21.5 Å². The lowest BCUT2D eigenvalue weighted by Crippen LogP contribution is -2.40. The second-order valence-corrected chi connectivity index (χ2v) is 5.59. The Balaban J connectivity index is 1.98. The lowest BCUT2D eigenvalue weighted by atomic mass is 10.0. The zero-order chi connectivity index (χ0) is 9.97. The van der Waals surface area contributed by atoms with Crippen LogP contribution in [0.4, 0.5) is 0 Å². The van der Waals surface area contributed by atoms with Crippen LogP contribution in [0.5, 0.6) is 0 Å². The Bertz CT molecular complexity index is 188. The molecule has 0 bridgehead atoms. The number of nitrogens with zero attached hydrogens (tertiary/aromatic N) is 1. The maximum absolute atomic E-state index is 5.99. The van der Waals surface area contributed by atoms with Gasteiger partial charge in [0.25, 0.3) is 0 Å². The van der Waals surface area contributed by atoms with Crippen LogP contribution >= 0.6 is 22.9 Å². The molecule has 3 nitrogen and oxygen atoms in total. The summed E-state index contributed by atoms with van der Waals surface area (Å²) in [5, 5.41) is 3.50. The van der Waals surface area contributed by atoms with E-state index in [0.717, 1.165) is 0 Å². The van der Waals surface area contributed by atoms with E-state index in [4.69, 9.17) is 5.73 Å². The molecule has 1 heterocycles. The van der Waals surface area contributed by atoms with E-state index in [2.05, 4.69) is 31.3 Å². The molecule has 4 heteroatoms. The molecular formula is C10H20IN3. The topological polar surface area (TPSA) is 41.3 Å². The SMILES string of the molecule is NC1NC2CCCCCCCC2N1I. The van der Waals surface area contributed by atoms with Gasteiger partial charge in [0.1, 0.15) is 6.29 Å². The van der Waals surface area contributed by atoms with Gasteiger partial charge in [0.2, 0.25) is 0 Å². The molecule has 2 fully saturated rings. The highest BCUT2D eigenvalue weighted by molar-refractivity contribution is 14.1. The number of hydrogen-bond acceptors (Lipinski definition) is 3. The largest absolute Gasteiger partial charge is 0.303 e. The first-order valence-corrected chi connectivity index (χ1v) is 6.71. The highest BCUT2D eigenvalue weighted by atomic mass is 127. The molecule has 1 saturated heterocycles. The number of nitrogens with one attached hydrogen (secondary N) is 1. The third-order valence-corrected chi connectivity index (χ3v) is 4.76. The molecule has 14 heavy (non-hydrogen) atoms. The van der Waals surface area contributed by atoms with Crippen LogP contribution < -0.4 is 11.1 Å². The predicted molar refractivity (Wildman–Crippen MR) is 66.9 cm³/mol. The normalized spacial score (nSPS) is 41.1. The van der Waals surface area contributed by atoms with Crippen molar-refractivity contribution in [3.05, 3.63) is 0 Å². The van der Waals surface area contributed by atoms with E-state index < -0.39 is 0 Å². The Morgan fingerprint density at radius 2 is 1.71 bits per heavy atom. The lowest BCUT2D eigenvalue weighted by molar-refractivity contribution is 0.354. The van der Waals surface area contributed by atoms with E-state index >= 15 is 0 Å². The summed E-state index contributed by atoms with van der Waals surface area (Å²) in [7, 11) is 0. The quantitative estimate of drug-likeness (QED) is 0.531. The lowest BCUT2D eigenvalue weighted by Gasteiger charge is -2.22.